The van der Waals surface area contributed by atoms with Crippen LogP contribution in [0.25, 0.3) is 0 Å². The Morgan fingerprint density at radius 1 is 0.408 bits per heavy atom. The molecule has 2 aliphatic rings. The summed E-state index contributed by atoms with van der Waals surface area (Å²) in [5.41, 5.74) is 0. The van der Waals surface area contributed by atoms with Crippen LogP contribution < -0.4 is 0 Å². The van der Waals surface area contributed by atoms with Gasteiger partial charge in [-0.3, -0.25) is 9.59 Å². The smallest absolute Gasteiger partial charge is 0.306 e. The van der Waals surface area contributed by atoms with Crippen molar-refractivity contribution in [3.63, 3.8) is 0 Å². The summed E-state index contributed by atoms with van der Waals surface area (Å²) >= 11 is 0. The van der Waals surface area contributed by atoms with Gasteiger partial charge in [-0.05, 0) is 38.5 Å². The molecule has 2 rings (SSSR count). The molecule has 2 saturated heterocycles. The van der Waals surface area contributed by atoms with E-state index in [1.807, 2.05) is 0 Å². The van der Waals surface area contributed by atoms with E-state index in [2.05, 4.69) is 26.0 Å². The van der Waals surface area contributed by atoms with Crippen LogP contribution in [0, 0.1) is 0 Å². The maximum atomic E-state index is 13.1. The van der Waals surface area contributed by atoms with Crippen molar-refractivity contribution >= 4 is 11.9 Å². The number of esters is 2. The first-order chi connectivity index (χ1) is 37.0. The third-order valence-electron chi connectivity index (χ3n) is 15.2. The molecule has 0 spiro atoms. The van der Waals surface area contributed by atoms with Crippen LogP contribution in [0.15, 0.2) is 12.2 Å². The van der Waals surface area contributed by atoms with Gasteiger partial charge >= 0.3 is 11.9 Å². The van der Waals surface area contributed by atoms with Crippen molar-refractivity contribution in [2.45, 2.75) is 338 Å². The van der Waals surface area contributed by atoms with Gasteiger partial charge in [-0.15, -0.1) is 0 Å². The minimum atomic E-state index is -1.76. The summed E-state index contributed by atoms with van der Waals surface area (Å²) < 4.78 is 33.8. The molecular weight excluding hydrogens is 973 g/mol. The lowest BCUT2D eigenvalue weighted by Gasteiger charge is -2.42. The monoisotopic (exact) mass is 1090 g/mol. The first-order valence-corrected chi connectivity index (χ1v) is 31.3. The Morgan fingerprint density at radius 2 is 0.750 bits per heavy atom. The molecule has 0 radical (unpaired) electrons. The third-order valence-corrected chi connectivity index (χ3v) is 15.2. The number of carbonyl (C=O) groups is 2. The Morgan fingerprint density at radius 3 is 1.17 bits per heavy atom. The number of carbonyl (C=O) groups excluding carboxylic acids is 2. The van der Waals surface area contributed by atoms with Gasteiger partial charge in [0, 0.05) is 12.8 Å². The van der Waals surface area contributed by atoms with E-state index in [1.54, 1.807) is 0 Å². The van der Waals surface area contributed by atoms with Crippen molar-refractivity contribution in [2.24, 2.45) is 0 Å². The molecule has 2 fully saturated rings. The highest BCUT2D eigenvalue weighted by Gasteiger charge is 2.47. The van der Waals surface area contributed by atoms with Gasteiger partial charge in [0.05, 0.1) is 19.8 Å². The Bertz CT molecular complexity index is 1370. The molecule has 76 heavy (non-hydrogen) atoms. The van der Waals surface area contributed by atoms with Crippen molar-refractivity contribution in [2.75, 3.05) is 26.4 Å². The van der Waals surface area contributed by atoms with Crippen LogP contribution in [0.3, 0.4) is 0 Å². The van der Waals surface area contributed by atoms with E-state index < -0.39 is 92.7 Å². The quantitative estimate of drug-likeness (QED) is 0.0171. The lowest BCUT2D eigenvalue weighted by atomic mass is 9.98. The zero-order valence-corrected chi connectivity index (χ0v) is 48.0. The Balaban J connectivity index is 1.71. The molecule has 0 aliphatic carbocycles. The molecule has 0 aromatic heterocycles. The number of hydrogen-bond donors (Lipinski definition) is 7. The molecule has 15 nitrogen and oxygen atoms in total. The molecule has 2 heterocycles. The molecule has 0 bridgehead atoms. The van der Waals surface area contributed by atoms with Crippen LogP contribution in [-0.2, 0) is 38.0 Å². The predicted octanol–water partition coefficient (Wildman–Crippen LogP) is 11.3. The number of rotatable bonds is 51. The Hall–Kier alpha value is -1.76. The van der Waals surface area contributed by atoms with E-state index in [0.29, 0.717) is 12.8 Å². The van der Waals surface area contributed by atoms with E-state index in [0.717, 1.165) is 38.5 Å². The number of ether oxygens (including phenoxy) is 6. The standard InChI is InChI=1S/C61H114O15/c1-3-5-7-9-11-13-15-17-19-21-22-23-24-25-26-28-30-32-34-36-38-40-42-44-53(64)74-49(46-71-52(63)43-41-39-37-35-33-31-29-27-20-18-16-14-12-10-8-6-4-2)47-72-60-59(70)57(68)55(66)51(76-60)48-73-61-58(69)56(67)54(65)50(45-62)75-61/h14,16,49-51,54-62,65-70H,3-13,15,17-48H2,1-2H3/b16-14+/t49-,50+,51+,54-,55-,56?,57?,58?,59?,60+,61+/m1/s1. The molecule has 0 aromatic carbocycles. The van der Waals surface area contributed by atoms with Gasteiger partial charge in [0.2, 0.25) is 0 Å². The first-order valence-electron chi connectivity index (χ1n) is 31.3. The molecule has 11 atom stereocenters. The summed E-state index contributed by atoms with van der Waals surface area (Å²) in [5.74, 6) is -0.909. The zero-order chi connectivity index (χ0) is 55.3. The summed E-state index contributed by atoms with van der Waals surface area (Å²) in [7, 11) is 0. The molecule has 15 heteroatoms. The van der Waals surface area contributed by atoms with Crippen LogP contribution in [-0.4, -0.2) is 142 Å². The normalized spacial score (nSPS) is 24.3. The summed E-state index contributed by atoms with van der Waals surface area (Å²) in [6, 6.07) is 0. The second-order valence-electron chi connectivity index (χ2n) is 22.2. The van der Waals surface area contributed by atoms with Crippen LogP contribution in [0.2, 0.25) is 0 Å². The second kappa shape index (κ2) is 48.0. The van der Waals surface area contributed by atoms with Crippen molar-refractivity contribution < 1.29 is 73.8 Å². The third kappa shape index (κ3) is 34.4. The topological polar surface area (TPSA) is 231 Å². The summed E-state index contributed by atoms with van der Waals surface area (Å²) in [4.78, 5) is 25.9. The Kier molecular flexibility index (Phi) is 44.4. The molecule has 0 saturated carbocycles. The number of aliphatic hydroxyl groups excluding tert-OH is 7. The number of allylic oxidation sites excluding steroid dienone is 2. The van der Waals surface area contributed by atoms with Gasteiger partial charge in [-0.2, -0.15) is 0 Å². The van der Waals surface area contributed by atoms with Crippen molar-refractivity contribution in [1.29, 1.82) is 0 Å². The average molecular weight is 1090 g/mol. The largest absolute Gasteiger partial charge is 0.462 e. The fourth-order valence-electron chi connectivity index (χ4n) is 10.2. The lowest BCUT2D eigenvalue weighted by Crippen LogP contribution is -2.61. The number of aliphatic hydroxyl groups is 7. The van der Waals surface area contributed by atoms with Gasteiger partial charge < -0.3 is 64.2 Å². The SMILES string of the molecule is CCCCCC/C=C/CCCCCCCCCCCC(=O)OC[C@H](CO[C@H]1O[C@@H](CO[C@H]2O[C@@H](CO)[C@@H](O)C(O)C2O)[C@@H](O)C(O)C1O)OC(=O)CCCCCCCCCCCCCCCCCCCCCCCCC. The van der Waals surface area contributed by atoms with Crippen LogP contribution in [0.5, 0.6) is 0 Å². The summed E-state index contributed by atoms with van der Waals surface area (Å²) in [6.45, 7) is 2.64. The highest BCUT2D eigenvalue weighted by Crippen LogP contribution is 2.27. The highest BCUT2D eigenvalue weighted by atomic mass is 16.7. The number of unbranched alkanes of at least 4 members (excludes halogenated alkanes) is 35. The molecule has 4 unspecified atom stereocenters. The van der Waals surface area contributed by atoms with Gasteiger partial charge in [-0.1, -0.05) is 231 Å². The minimum absolute atomic E-state index is 0.172. The van der Waals surface area contributed by atoms with Crippen LogP contribution in [0.1, 0.15) is 271 Å². The Labute approximate surface area is 460 Å². The van der Waals surface area contributed by atoms with E-state index in [-0.39, 0.29) is 26.1 Å². The molecular formula is C61H114O15. The minimum Gasteiger partial charge on any atom is -0.462 e. The van der Waals surface area contributed by atoms with Crippen molar-refractivity contribution in [1.82, 2.24) is 0 Å². The maximum absolute atomic E-state index is 13.1. The lowest BCUT2D eigenvalue weighted by molar-refractivity contribution is -0.332. The first kappa shape index (κ1) is 70.3. The van der Waals surface area contributed by atoms with Gasteiger partial charge in [0.1, 0.15) is 55.4 Å². The van der Waals surface area contributed by atoms with Crippen LogP contribution in [0.4, 0.5) is 0 Å². The highest BCUT2D eigenvalue weighted by molar-refractivity contribution is 5.70. The second-order valence-corrected chi connectivity index (χ2v) is 22.2. The van der Waals surface area contributed by atoms with Crippen LogP contribution >= 0.6 is 0 Å². The van der Waals surface area contributed by atoms with Gasteiger partial charge in [0.15, 0.2) is 18.7 Å². The maximum Gasteiger partial charge on any atom is 0.306 e. The molecule has 448 valence electrons. The fourth-order valence-corrected chi connectivity index (χ4v) is 10.2. The van der Waals surface area contributed by atoms with E-state index in [1.165, 1.54) is 193 Å². The van der Waals surface area contributed by atoms with E-state index in [4.69, 9.17) is 28.4 Å². The molecule has 0 aromatic rings. The fraction of sp³-hybridized carbons (Fsp3) is 0.934. The van der Waals surface area contributed by atoms with Crippen molar-refractivity contribution in [3.8, 4) is 0 Å². The molecule has 7 N–H and O–H groups in total. The van der Waals surface area contributed by atoms with Gasteiger partial charge in [-0.25, -0.2) is 0 Å². The number of hydrogen-bond acceptors (Lipinski definition) is 15. The van der Waals surface area contributed by atoms with Gasteiger partial charge in [0.25, 0.3) is 0 Å². The summed E-state index contributed by atoms with van der Waals surface area (Å²) in [5, 5.41) is 72.4. The zero-order valence-electron chi connectivity index (χ0n) is 48.0. The van der Waals surface area contributed by atoms with E-state index in [9.17, 15) is 45.3 Å². The van der Waals surface area contributed by atoms with E-state index >= 15 is 0 Å². The summed E-state index contributed by atoms with van der Waals surface area (Å²) in [6.07, 6.45) is 35.2. The van der Waals surface area contributed by atoms with Crippen molar-refractivity contribution in [3.05, 3.63) is 12.2 Å². The molecule has 2 aliphatic heterocycles. The molecule has 0 amide bonds. The predicted molar refractivity (Wildman–Crippen MR) is 298 cm³/mol. The average Bonchev–Trinajstić information content (AvgIpc) is 3.42.